The maximum atomic E-state index is 12.1. The minimum Gasteiger partial charge on any atom is -0.481 e. The number of nitrogens with one attached hydrogen (secondary N) is 1. The zero-order valence-corrected chi connectivity index (χ0v) is 12.5. The van der Waals surface area contributed by atoms with E-state index in [-0.39, 0.29) is 6.03 Å². The third-order valence-electron chi connectivity index (χ3n) is 4.95. The molecular formula is C15H26N2O3. The van der Waals surface area contributed by atoms with Crippen molar-refractivity contribution in [2.24, 2.45) is 11.3 Å². The van der Waals surface area contributed by atoms with Gasteiger partial charge in [0.25, 0.3) is 0 Å². The van der Waals surface area contributed by atoms with E-state index < -0.39 is 11.4 Å². The molecule has 1 saturated heterocycles. The Morgan fingerprint density at radius 1 is 1.30 bits per heavy atom. The molecule has 0 bridgehead atoms. The van der Waals surface area contributed by atoms with Gasteiger partial charge in [0.15, 0.2) is 0 Å². The monoisotopic (exact) mass is 282 g/mol. The summed E-state index contributed by atoms with van der Waals surface area (Å²) in [5, 5.41) is 12.5. The summed E-state index contributed by atoms with van der Waals surface area (Å²) < 4.78 is 0. The van der Waals surface area contributed by atoms with Gasteiger partial charge in [0.2, 0.25) is 0 Å². The SMILES string of the molecule is CCCC1(C(=O)O)CCN(C(=O)NC2CC2CC)CC1. The predicted octanol–water partition coefficient (Wildman–Crippen LogP) is 2.46. The molecule has 114 valence electrons. The molecule has 0 aromatic carbocycles. The summed E-state index contributed by atoms with van der Waals surface area (Å²) in [5.74, 6) is -0.0606. The van der Waals surface area contributed by atoms with Gasteiger partial charge in [-0.3, -0.25) is 4.79 Å². The van der Waals surface area contributed by atoms with E-state index in [2.05, 4.69) is 12.2 Å². The molecule has 1 aliphatic carbocycles. The Morgan fingerprint density at radius 2 is 1.95 bits per heavy atom. The Labute approximate surface area is 120 Å². The van der Waals surface area contributed by atoms with Crippen LogP contribution in [0.3, 0.4) is 0 Å². The highest BCUT2D eigenvalue weighted by molar-refractivity contribution is 5.77. The van der Waals surface area contributed by atoms with Gasteiger partial charge in [-0.2, -0.15) is 0 Å². The number of carboxylic acid groups (broad SMARTS) is 1. The minimum absolute atomic E-state index is 0.0126. The molecule has 20 heavy (non-hydrogen) atoms. The fourth-order valence-corrected chi connectivity index (χ4v) is 3.31. The number of hydrogen-bond donors (Lipinski definition) is 2. The molecular weight excluding hydrogens is 256 g/mol. The molecule has 5 nitrogen and oxygen atoms in total. The van der Waals surface area contributed by atoms with Gasteiger partial charge in [0.05, 0.1) is 5.41 Å². The van der Waals surface area contributed by atoms with E-state index in [1.165, 1.54) is 0 Å². The highest BCUT2D eigenvalue weighted by atomic mass is 16.4. The van der Waals surface area contributed by atoms with Gasteiger partial charge >= 0.3 is 12.0 Å². The number of carboxylic acids is 1. The van der Waals surface area contributed by atoms with Gasteiger partial charge < -0.3 is 15.3 Å². The molecule has 2 N–H and O–H groups in total. The molecule has 2 rings (SSSR count). The van der Waals surface area contributed by atoms with Crippen molar-refractivity contribution in [3.8, 4) is 0 Å². The normalized spacial score (nSPS) is 28.0. The Balaban J connectivity index is 1.84. The van der Waals surface area contributed by atoms with Gasteiger partial charge in [-0.15, -0.1) is 0 Å². The van der Waals surface area contributed by atoms with Crippen LogP contribution in [0.4, 0.5) is 4.79 Å². The molecule has 1 saturated carbocycles. The topological polar surface area (TPSA) is 69.6 Å². The number of aliphatic carboxylic acids is 1. The predicted molar refractivity (Wildman–Crippen MR) is 76.5 cm³/mol. The van der Waals surface area contributed by atoms with Crippen molar-refractivity contribution in [3.63, 3.8) is 0 Å². The Bertz CT molecular complexity index is 375. The van der Waals surface area contributed by atoms with Gasteiger partial charge in [-0.05, 0) is 31.6 Å². The molecule has 2 aliphatic rings. The van der Waals surface area contributed by atoms with Crippen LogP contribution in [0.25, 0.3) is 0 Å². The summed E-state index contributed by atoms with van der Waals surface area (Å²) in [7, 11) is 0. The fourth-order valence-electron chi connectivity index (χ4n) is 3.31. The van der Waals surface area contributed by atoms with Crippen LogP contribution >= 0.6 is 0 Å². The molecule has 5 heteroatoms. The Morgan fingerprint density at radius 3 is 2.40 bits per heavy atom. The number of nitrogens with zero attached hydrogens (tertiary/aromatic N) is 1. The summed E-state index contributed by atoms with van der Waals surface area (Å²) in [6.07, 6.45) is 4.93. The van der Waals surface area contributed by atoms with Gasteiger partial charge in [0, 0.05) is 19.1 Å². The Hall–Kier alpha value is -1.26. The van der Waals surface area contributed by atoms with Gasteiger partial charge in [0.1, 0.15) is 0 Å². The number of amides is 2. The highest BCUT2D eigenvalue weighted by Crippen LogP contribution is 2.37. The van der Waals surface area contributed by atoms with Crippen molar-refractivity contribution in [1.82, 2.24) is 10.2 Å². The van der Waals surface area contributed by atoms with Gasteiger partial charge in [-0.25, -0.2) is 4.79 Å². The third-order valence-corrected chi connectivity index (χ3v) is 4.95. The molecule has 1 aliphatic heterocycles. The number of carbonyl (C=O) groups is 2. The van der Waals surface area contributed by atoms with Gasteiger partial charge in [-0.1, -0.05) is 26.7 Å². The van der Waals surface area contributed by atoms with E-state index >= 15 is 0 Å². The molecule has 0 radical (unpaired) electrons. The van der Waals surface area contributed by atoms with E-state index in [1.54, 1.807) is 4.90 Å². The number of hydrogen-bond acceptors (Lipinski definition) is 2. The molecule has 0 aromatic heterocycles. The summed E-state index contributed by atoms with van der Waals surface area (Å²) in [4.78, 5) is 25.4. The van der Waals surface area contributed by atoms with Crippen LogP contribution in [0.5, 0.6) is 0 Å². The molecule has 0 aromatic rings. The molecule has 2 amide bonds. The zero-order valence-electron chi connectivity index (χ0n) is 12.5. The number of urea groups is 1. The van der Waals surface area contributed by atoms with E-state index in [0.717, 1.165) is 19.3 Å². The maximum Gasteiger partial charge on any atom is 0.317 e. The van der Waals surface area contributed by atoms with Crippen molar-refractivity contribution < 1.29 is 14.7 Å². The first-order valence-corrected chi connectivity index (χ1v) is 7.81. The largest absolute Gasteiger partial charge is 0.481 e. The van der Waals surface area contributed by atoms with Crippen LogP contribution in [-0.2, 0) is 4.79 Å². The average Bonchev–Trinajstić information content (AvgIpc) is 3.18. The fraction of sp³-hybridized carbons (Fsp3) is 0.867. The van der Waals surface area contributed by atoms with E-state index in [9.17, 15) is 14.7 Å². The van der Waals surface area contributed by atoms with Crippen LogP contribution in [0.1, 0.15) is 52.4 Å². The summed E-state index contributed by atoms with van der Waals surface area (Å²) in [6, 6.07) is 0.329. The molecule has 2 fully saturated rings. The maximum absolute atomic E-state index is 12.1. The smallest absolute Gasteiger partial charge is 0.317 e. The van der Waals surface area contributed by atoms with Crippen molar-refractivity contribution in [3.05, 3.63) is 0 Å². The summed E-state index contributed by atoms with van der Waals surface area (Å²) in [6.45, 7) is 5.27. The van der Waals surface area contributed by atoms with E-state index in [4.69, 9.17) is 0 Å². The lowest BCUT2D eigenvalue weighted by molar-refractivity contribution is -0.152. The lowest BCUT2D eigenvalue weighted by atomic mass is 9.75. The number of rotatable bonds is 5. The van der Waals surface area contributed by atoms with Crippen LogP contribution in [0, 0.1) is 11.3 Å². The summed E-state index contributed by atoms with van der Waals surface area (Å²) >= 11 is 0. The second-order valence-electron chi connectivity index (χ2n) is 6.28. The van der Waals surface area contributed by atoms with E-state index in [1.807, 2.05) is 6.92 Å². The molecule has 0 spiro atoms. The first-order valence-electron chi connectivity index (χ1n) is 7.81. The number of likely N-dealkylation sites (tertiary alicyclic amines) is 1. The number of carbonyl (C=O) groups excluding carboxylic acids is 1. The molecule has 2 unspecified atom stereocenters. The van der Waals surface area contributed by atoms with E-state index in [0.29, 0.717) is 44.3 Å². The van der Waals surface area contributed by atoms with Crippen molar-refractivity contribution in [2.45, 2.75) is 58.4 Å². The highest BCUT2D eigenvalue weighted by Gasteiger charge is 2.43. The van der Waals surface area contributed by atoms with Crippen LogP contribution < -0.4 is 5.32 Å². The third kappa shape index (κ3) is 3.07. The molecule has 2 atom stereocenters. The first kappa shape index (κ1) is 15.1. The molecule has 1 heterocycles. The standard InChI is InChI=1S/C15H26N2O3/c1-3-5-15(13(18)19)6-8-17(9-7-15)14(20)16-12-10-11(12)4-2/h11-12H,3-10H2,1-2H3,(H,16,20)(H,18,19). The van der Waals surface area contributed by atoms with Crippen molar-refractivity contribution >= 4 is 12.0 Å². The lowest BCUT2D eigenvalue weighted by Gasteiger charge is -2.38. The minimum atomic E-state index is -0.701. The summed E-state index contributed by atoms with van der Waals surface area (Å²) in [5.41, 5.74) is -0.614. The lowest BCUT2D eigenvalue weighted by Crippen LogP contribution is -2.50. The van der Waals surface area contributed by atoms with Crippen LogP contribution in [0.2, 0.25) is 0 Å². The van der Waals surface area contributed by atoms with Crippen molar-refractivity contribution in [2.75, 3.05) is 13.1 Å². The first-order chi connectivity index (χ1) is 9.52. The Kier molecular flexibility index (Phi) is 4.55. The van der Waals surface area contributed by atoms with Crippen LogP contribution in [-0.4, -0.2) is 41.1 Å². The zero-order chi connectivity index (χ0) is 14.8. The quantitative estimate of drug-likeness (QED) is 0.813. The van der Waals surface area contributed by atoms with Crippen LogP contribution in [0.15, 0.2) is 0 Å². The second-order valence-corrected chi connectivity index (χ2v) is 6.28. The van der Waals surface area contributed by atoms with Crippen molar-refractivity contribution in [1.29, 1.82) is 0 Å². The number of piperidine rings is 1. The average molecular weight is 282 g/mol. The second kappa shape index (κ2) is 6.02.